The van der Waals surface area contributed by atoms with Gasteiger partial charge >= 0.3 is 12.1 Å². The Kier molecular flexibility index (Phi) is 13.7. The van der Waals surface area contributed by atoms with Crippen LogP contribution in [0.5, 0.6) is 5.75 Å². The number of benzene rings is 2. The van der Waals surface area contributed by atoms with Gasteiger partial charge in [0.25, 0.3) is 5.91 Å². The fourth-order valence-corrected chi connectivity index (χ4v) is 6.16. The van der Waals surface area contributed by atoms with E-state index in [4.69, 9.17) is 9.47 Å². The van der Waals surface area contributed by atoms with Gasteiger partial charge in [-0.25, -0.2) is 9.59 Å². The second kappa shape index (κ2) is 17.9. The molecule has 4 rings (SSSR count). The van der Waals surface area contributed by atoms with E-state index in [1.807, 2.05) is 32.0 Å². The van der Waals surface area contributed by atoms with Crippen LogP contribution in [0.2, 0.25) is 0 Å². The van der Waals surface area contributed by atoms with Crippen LogP contribution in [0.15, 0.2) is 48.5 Å². The molecule has 4 N–H and O–H groups in total. The van der Waals surface area contributed by atoms with Gasteiger partial charge < -0.3 is 40.3 Å². The summed E-state index contributed by atoms with van der Waals surface area (Å²) in [7, 11) is 1.79. The van der Waals surface area contributed by atoms with Crippen molar-refractivity contribution in [2.24, 2.45) is 5.92 Å². The minimum absolute atomic E-state index is 0.111. The maximum absolute atomic E-state index is 14.3. The largest absolute Gasteiger partial charge is 0.490 e. The van der Waals surface area contributed by atoms with Crippen LogP contribution in [-0.2, 0) is 4.74 Å². The number of aliphatic hydroxyl groups excluding tert-OH is 1. The molecule has 1 fully saturated rings. The molecular formula is C36H53N5O6. The molecule has 1 aliphatic carbocycles. The van der Waals surface area contributed by atoms with E-state index in [9.17, 15) is 19.5 Å². The van der Waals surface area contributed by atoms with E-state index in [2.05, 4.69) is 16.0 Å². The molecule has 11 heteroatoms. The average molecular weight is 652 g/mol. The highest BCUT2D eigenvalue weighted by Crippen LogP contribution is 2.29. The van der Waals surface area contributed by atoms with Gasteiger partial charge in [-0.3, -0.25) is 4.79 Å². The van der Waals surface area contributed by atoms with Gasteiger partial charge in [-0.15, -0.1) is 0 Å². The normalized spacial score (nSPS) is 22.2. The van der Waals surface area contributed by atoms with Crippen molar-refractivity contribution in [2.45, 2.75) is 96.4 Å². The lowest BCUT2D eigenvalue weighted by atomic mass is 9.96. The average Bonchev–Trinajstić information content (AvgIpc) is 3.06. The summed E-state index contributed by atoms with van der Waals surface area (Å²) in [6, 6.07) is 13.3. The number of amides is 5. The Morgan fingerprint density at radius 1 is 0.979 bits per heavy atom. The van der Waals surface area contributed by atoms with Crippen molar-refractivity contribution in [1.29, 1.82) is 0 Å². The maximum Gasteiger partial charge on any atom is 0.323 e. The Balaban J connectivity index is 1.56. The van der Waals surface area contributed by atoms with Crippen LogP contribution >= 0.6 is 0 Å². The second-order valence-electron chi connectivity index (χ2n) is 13.1. The molecule has 0 spiro atoms. The summed E-state index contributed by atoms with van der Waals surface area (Å²) >= 11 is 0. The Labute approximate surface area is 279 Å². The fourth-order valence-electron chi connectivity index (χ4n) is 6.16. The third-order valence-corrected chi connectivity index (χ3v) is 9.07. The summed E-state index contributed by atoms with van der Waals surface area (Å²) in [4.78, 5) is 43.6. The predicted molar refractivity (Wildman–Crippen MR) is 184 cm³/mol. The highest BCUT2D eigenvalue weighted by molar-refractivity contribution is 6.02. The van der Waals surface area contributed by atoms with E-state index in [0.717, 1.165) is 44.9 Å². The Morgan fingerprint density at radius 3 is 2.40 bits per heavy atom. The number of hydrogen-bond donors (Lipinski definition) is 4. The molecule has 0 bridgehead atoms. The number of rotatable bonds is 7. The summed E-state index contributed by atoms with van der Waals surface area (Å²) in [6.07, 6.45) is 7.46. The van der Waals surface area contributed by atoms with Crippen LogP contribution in [0.25, 0.3) is 0 Å². The SMILES string of the molecule is C[C@@H]1CN([C@H](C)CO)C(=O)c2cc(NC(=O)Nc3ccccc3)ccc2O[C@@H](C)CCCCO[C@H]1CN(C)C(=O)NC1CCCCC1. The number of carbonyl (C=O) groups excluding carboxylic acids is 3. The van der Waals surface area contributed by atoms with Crippen LogP contribution in [0.1, 0.15) is 82.5 Å². The number of carbonyl (C=O) groups is 3. The first-order valence-electron chi connectivity index (χ1n) is 17.1. The van der Waals surface area contributed by atoms with Crippen molar-refractivity contribution in [2.75, 3.05) is 44.0 Å². The minimum atomic E-state index is -0.505. The zero-order chi connectivity index (χ0) is 33.8. The lowest BCUT2D eigenvalue weighted by Crippen LogP contribution is -2.50. The first-order valence-corrected chi connectivity index (χ1v) is 17.1. The van der Waals surface area contributed by atoms with Crippen LogP contribution in [0.3, 0.4) is 0 Å². The topological polar surface area (TPSA) is 132 Å². The van der Waals surface area contributed by atoms with E-state index < -0.39 is 12.1 Å². The van der Waals surface area contributed by atoms with E-state index in [0.29, 0.717) is 35.8 Å². The van der Waals surface area contributed by atoms with Crippen molar-refractivity contribution in [3.8, 4) is 5.75 Å². The fraction of sp³-hybridized carbons (Fsp3) is 0.583. The van der Waals surface area contributed by atoms with Gasteiger partial charge in [0.1, 0.15) is 5.75 Å². The lowest BCUT2D eigenvalue weighted by molar-refractivity contribution is -0.0123. The number of fused-ring (bicyclic) bond motifs is 1. The molecule has 0 aromatic heterocycles. The van der Waals surface area contributed by atoms with Crippen molar-refractivity contribution >= 4 is 29.3 Å². The number of likely N-dealkylation sites (N-methyl/N-ethyl adjacent to an activating group) is 1. The zero-order valence-corrected chi connectivity index (χ0v) is 28.4. The summed E-state index contributed by atoms with van der Waals surface area (Å²) in [5.41, 5.74) is 1.36. The van der Waals surface area contributed by atoms with Gasteiger partial charge in [0.2, 0.25) is 0 Å². The van der Waals surface area contributed by atoms with Crippen LogP contribution < -0.4 is 20.7 Å². The van der Waals surface area contributed by atoms with Crippen molar-refractivity contribution in [3.63, 3.8) is 0 Å². The van der Waals surface area contributed by atoms with Crippen LogP contribution in [-0.4, -0.2) is 90.5 Å². The van der Waals surface area contributed by atoms with Gasteiger partial charge in [0.05, 0.1) is 30.4 Å². The third kappa shape index (κ3) is 10.9. The second-order valence-corrected chi connectivity index (χ2v) is 13.1. The summed E-state index contributed by atoms with van der Waals surface area (Å²) in [5.74, 6) is -0.0720. The van der Waals surface area contributed by atoms with Gasteiger partial charge in [-0.1, -0.05) is 44.4 Å². The third-order valence-electron chi connectivity index (χ3n) is 9.07. The van der Waals surface area contributed by atoms with Crippen molar-refractivity contribution in [1.82, 2.24) is 15.1 Å². The zero-order valence-electron chi connectivity index (χ0n) is 28.4. The molecule has 1 heterocycles. The predicted octanol–water partition coefficient (Wildman–Crippen LogP) is 6.10. The Morgan fingerprint density at radius 2 is 1.68 bits per heavy atom. The summed E-state index contributed by atoms with van der Waals surface area (Å²) < 4.78 is 12.7. The molecule has 4 atom stereocenters. The summed E-state index contributed by atoms with van der Waals surface area (Å²) in [6.45, 7) is 6.72. The maximum atomic E-state index is 14.3. The molecule has 2 aromatic rings. The number of ether oxygens (including phenoxy) is 2. The molecule has 11 nitrogen and oxygen atoms in total. The molecule has 1 saturated carbocycles. The number of nitrogens with zero attached hydrogens (tertiary/aromatic N) is 2. The van der Waals surface area contributed by atoms with Crippen molar-refractivity contribution < 1.29 is 29.0 Å². The van der Waals surface area contributed by atoms with Crippen molar-refractivity contribution in [3.05, 3.63) is 54.1 Å². The Bertz CT molecular complexity index is 1300. The molecule has 2 aromatic carbocycles. The monoisotopic (exact) mass is 651 g/mol. The number of hydrogen-bond acceptors (Lipinski definition) is 6. The number of aliphatic hydroxyl groups is 1. The molecule has 0 unspecified atom stereocenters. The molecule has 47 heavy (non-hydrogen) atoms. The molecular weight excluding hydrogens is 598 g/mol. The van der Waals surface area contributed by atoms with Gasteiger partial charge in [0, 0.05) is 50.1 Å². The lowest BCUT2D eigenvalue weighted by Gasteiger charge is -2.36. The van der Waals surface area contributed by atoms with Gasteiger partial charge in [0.15, 0.2) is 0 Å². The number of para-hydroxylation sites is 1. The Hall–Kier alpha value is -3.83. The van der Waals surface area contributed by atoms with Gasteiger partial charge in [-0.05, 0) is 76.3 Å². The van der Waals surface area contributed by atoms with Gasteiger partial charge in [-0.2, -0.15) is 0 Å². The minimum Gasteiger partial charge on any atom is -0.490 e. The highest BCUT2D eigenvalue weighted by atomic mass is 16.5. The highest BCUT2D eigenvalue weighted by Gasteiger charge is 2.31. The van der Waals surface area contributed by atoms with Crippen LogP contribution in [0, 0.1) is 5.92 Å². The molecule has 258 valence electrons. The van der Waals surface area contributed by atoms with E-state index in [-0.39, 0.29) is 49.3 Å². The van der Waals surface area contributed by atoms with E-state index in [1.165, 1.54) is 6.42 Å². The molecule has 5 amide bonds. The molecule has 1 aliphatic heterocycles. The smallest absolute Gasteiger partial charge is 0.323 e. The van der Waals surface area contributed by atoms with E-state index in [1.54, 1.807) is 54.1 Å². The first kappa shape index (κ1) is 36.0. The first-order chi connectivity index (χ1) is 22.6. The number of anilines is 2. The molecule has 0 radical (unpaired) electrons. The van der Waals surface area contributed by atoms with E-state index >= 15 is 0 Å². The summed E-state index contributed by atoms with van der Waals surface area (Å²) in [5, 5.41) is 19.0. The molecule has 2 aliphatic rings. The number of nitrogens with one attached hydrogen (secondary N) is 3. The number of urea groups is 2. The molecule has 0 saturated heterocycles. The standard InChI is InChI=1S/C36H53N5O6/c1-25-22-41(26(2)24-42)34(43)31-21-30(38-35(44)37-28-14-7-5-8-15-28)18-19-32(31)47-27(3)13-11-12-20-46-33(25)23-40(4)36(45)39-29-16-9-6-10-17-29/h5,7-8,14-15,18-19,21,25-27,29,33,42H,6,9-13,16-17,20,22-24H2,1-4H3,(H,39,45)(H2,37,38,44)/t25-,26-,27+,33+/m1/s1. The van der Waals surface area contributed by atoms with Crippen LogP contribution in [0.4, 0.5) is 21.0 Å². The quantitative estimate of drug-likeness (QED) is 0.286.